The van der Waals surface area contributed by atoms with E-state index < -0.39 is 0 Å². The normalized spacial score (nSPS) is 24.5. The third-order valence-electron chi connectivity index (χ3n) is 8.74. The molecule has 1 saturated heterocycles. The standard InChI is InChI=1S/C28H39N3O4/c1-4-5-26(32)31(18-21-6-8-22-17-23(21)28(22,2)3)15-12-29-10-13-30(14-11-29)27(33)20-7-9-24-25(16-20)35-19-34-24/h6-7,9,16,22-23H,4-5,8,10-15,17-19H2,1-3H3. The molecule has 0 N–H and O–H groups in total. The van der Waals surface area contributed by atoms with Gasteiger partial charge >= 0.3 is 0 Å². The first-order valence-corrected chi connectivity index (χ1v) is 13.2. The van der Waals surface area contributed by atoms with Crippen molar-refractivity contribution in [3.8, 4) is 11.5 Å². The minimum atomic E-state index is 0.0355. The molecule has 3 aliphatic carbocycles. The Labute approximate surface area is 209 Å². The van der Waals surface area contributed by atoms with Crippen LogP contribution in [0.5, 0.6) is 11.5 Å². The van der Waals surface area contributed by atoms with Crippen molar-refractivity contribution in [3.05, 3.63) is 35.4 Å². The molecule has 190 valence electrons. The number of rotatable bonds is 8. The molecule has 5 aliphatic rings. The maximum atomic E-state index is 13.0. The quantitative estimate of drug-likeness (QED) is 0.529. The highest BCUT2D eigenvalue weighted by atomic mass is 16.7. The summed E-state index contributed by atoms with van der Waals surface area (Å²) in [5, 5.41) is 0. The number of amides is 2. The number of allylic oxidation sites excluding steroid dienone is 1. The Morgan fingerprint density at radius 3 is 2.60 bits per heavy atom. The lowest BCUT2D eigenvalue weighted by atomic mass is 9.49. The first-order valence-electron chi connectivity index (χ1n) is 13.2. The van der Waals surface area contributed by atoms with Gasteiger partial charge in [-0.1, -0.05) is 32.4 Å². The molecule has 1 aromatic rings. The number of carbonyl (C=O) groups is 2. The first kappa shape index (κ1) is 24.2. The van der Waals surface area contributed by atoms with Gasteiger partial charge in [0.15, 0.2) is 11.5 Å². The van der Waals surface area contributed by atoms with Gasteiger partial charge in [-0.25, -0.2) is 0 Å². The zero-order chi connectivity index (χ0) is 24.6. The fraction of sp³-hybridized carbons (Fsp3) is 0.643. The fourth-order valence-electron chi connectivity index (χ4n) is 6.19. The second-order valence-electron chi connectivity index (χ2n) is 11.1. The molecule has 7 heteroatoms. The van der Waals surface area contributed by atoms with Crippen molar-refractivity contribution in [2.75, 3.05) is 52.6 Å². The molecule has 1 saturated carbocycles. The largest absolute Gasteiger partial charge is 0.454 e. The second-order valence-corrected chi connectivity index (χ2v) is 11.1. The molecule has 2 atom stereocenters. The topological polar surface area (TPSA) is 62.3 Å². The van der Waals surface area contributed by atoms with E-state index in [1.165, 1.54) is 12.0 Å². The lowest BCUT2D eigenvalue weighted by Gasteiger charge is -2.57. The second kappa shape index (κ2) is 9.84. The van der Waals surface area contributed by atoms with Crippen molar-refractivity contribution in [2.24, 2.45) is 17.3 Å². The van der Waals surface area contributed by atoms with E-state index in [-0.39, 0.29) is 18.6 Å². The van der Waals surface area contributed by atoms with Crippen molar-refractivity contribution in [3.63, 3.8) is 0 Å². The molecule has 2 amide bonds. The predicted molar refractivity (Wildman–Crippen MR) is 134 cm³/mol. The van der Waals surface area contributed by atoms with Gasteiger partial charge in [0.05, 0.1) is 0 Å². The van der Waals surface area contributed by atoms with E-state index in [0.717, 1.165) is 51.5 Å². The Bertz CT molecular complexity index is 996. The summed E-state index contributed by atoms with van der Waals surface area (Å²) in [6.07, 6.45) is 6.35. The van der Waals surface area contributed by atoms with Gasteiger partial charge in [0.2, 0.25) is 12.7 Å². The van der Waals surface area contributed by atoms with Crippen LogP contribution >= 0.6 is 0 Å². The molecule has 7 nitrogen and oxygen atoms in total. The van der Waals surface area contributed by atoms with Crippen molar-refractivity contribution < 1.29 is 19.1 Å². The Morgan fingerprint density at radius 1 is 1.11 bits per heavy atom. The first-order chi connectivity index (χ1) is 16.9. The van der Waals surface area contributed by atoms with Gasteiger partial charge in [-0.2, -0.15) is 0 Å². The van der Waals surface area contributed by atoms with Crippen LogP contribution < -0.4 is 9.47 Å². The molecule has 2 bridgehead atoms. The molecular formula is C28H39N3O4. The summed E-state index contributed by atoms with van der Waals surface area (Å²) in [5.41, 5.74) is 2.49. The Balaban J connectivity index is 1.14. The van der Waals surface area contributed by atoms with Gasteiger partial charge in [-0.05, 0) is 54.7 Å². The zero-order valence-electron chi connectivity index (χ0n) is 21.4. The summed E-state index contributed by atoms with van der Waals surface area (Å²) < 4.78 is 10.8. The van der Waals surface area contributed by atoms with Gasteiger partial charge in [-0.15, -0.1) is 0 Å². The van der Waals surface area contributed by atoms with Crippen LogP contribution in [0.1, 0.15) is 56.8 Å². The minimum absolute atomic E-state index is 0.0355. The molecule has 2 unspecified atom stereocenters. The summed E-state index contributed by atoms with van der Waals surface area (Å²) in [6, 6.07) is 5.39. The summed E-state index contributed by atoms with van der Waals surface area (Å²) in [7, 11) is 0. The van der Waals surface area contributed by atoms with Crippen molar-refractivity contribution in [1.29, 1.82) is 0 Å². The zero-order valence-corrected chi connectivity index (χ0v) is 21.4. The van der Waals surface area contributed by atoms with Gasteiger partial charge in [0.25, 0.3) is 5.91 Å². The van der Waals surface area contributed by atoms with Crippen molar-refractivity contribution in [1.82, 2.24) is 14.7 Å². The summed E-state index contributed by atoms with van der Waals surface area (Å²) in [5.74, 6) is 3.08. The monoisotopic (exact) mass is 481 g/mol. The smallest absolute Gasteiger partial charge is 0.254 e. The Hall–Kier alpha value is -2.54. The van der Waals surface area contributed by atoms with E-state index in [1.807, 2.05) is 11.0 Å². The number of benzene rings is 1. The Morgan fingerprint density at radius 2 is 1.89 bits per heavy atom. The number of piperazine rings is 1. The molecule has 35 heavy (non-hydrogen) atoms. The lowest BCUT2D eigenvalue weighted by Crippen LogP contribution is -2.52. The molecule has 2 fully saturated rings. The van der Waals surface area contributed by atoms with E-state index in [4.69, 9.17) is 9.47 Å². The third-order valence-corrected chi connectivity index (χ3v) is 8.74. The SMILES string of the molecule is CCCC(=O)N(CCN1CCN(C(=O)c2ccc3c(c2)OCO3)CC1)CC1=CCC2CC1C2(C)C. The van der Waals surface area contributed by atoms with Crippen LogP contribution in [0.25, 0.3) is 0 Å². The van der Waals surface area contributed by atoms with Crippen LogP contribution in [0.4, 0.5) is 0 Å². The fourth-order valence-corrected chi connectivity index (χ4v) is 6.19. The number of hydrogen-bond acceptors (Lipinski definition) is 5. The van der Waals surface area contributed by atoms with Gasteiger partial charge in [0.1, 0.15) is 0 Å². The van der Waals surface area contributed by atoms with E-state index in [9.17, 15) is 9.59 Å². The minimum Gasteiger partial charge on any atom is -0.454 e. The molecular weight excluding hydrogens is 442 g/mol. The van der Waals surface area contributed by atoms with Gasteiger partial charge < -0.3 is 19.3 Å². The number of fused-ring (bicyclic) bond motifs is 2. The van der Waals surface area contributed by atoms with E-state index in [2.05, 4.69) is 36.6 Å². The van der Waals surface area contributed by atoms with Crippen molar-refractivity contribution in [2.45, 2.75) is 46.5 Å². The molecule has 1 aromatic carbocycles. The van der Waals surface area contributed by atoms with E-state index in [0.29, 0.717) is 47.9 Å². The van der Waals surface area contributed by atoms with Crippen LogP contribution in [0.15, 0.2) is 29.8 Å². The number of hydrogen-bond donors (Lipinski definition) is 0. The lowest BCUT2D eigenvalue weighted by molar-refractivity contribution is -0.131. The summed E-state index contributed by atoms with van der Waals surface area (Å²) in [4.78, 5) is 32.3. The maximum absolute atomic E-state index is 13.0. The molecule has 0 spiro atoms. The summed E-state index contributed by atoms with van der Waals surface area (Å²) in [6.45, 7) is 12.5. The highest BCUT2D eigenvalue weighted by Gasteiger charge is 2.51. The van der Waals surface area contributed by atoms with Crippen molar-refractivity contribution >= 4 is 11.8 Å². The Kier molecular flexibility index (Phi) is 6.80. The van der Waals surface area contributed by atoms with Crippen LogP contribution in [-0.2, 0) is 4.79 Å². The predicted octanol–water partition coefficient (Wildman–Crippen LogP) is 3.79. The summed E-state index contributed by atoms with van der Waals surface area (Å²) >= 11 is 0. The number of ether oxygens (including phenoxy) is 2. The van der Waals surface area contributed by atoms with Crippen LogP contribution in [0.3, 0.4) is 0 Å². The van der Waals surface area contributed by atoms with Gasteiger partial charge in [0, 0.05) is 57.8 Å². The average Bonchev–Trinajstić information content (AvgIpc) is 3.34. The number of carbonyl (C=O) groups excluding carboxylic acids is 2. The van der Waals surface area contributed by atoms with Gasteiger partial charge in [-0.3, -0.25) is 14.5 Å². The third kappa shape index (κ3) is 4.80. The van der Waals surface area contributed by atoms with E-state index in [1.54, 1.807) is 12.1 Å². The molecule has 0 radical (unpaired) electrons. The average molecular weight is 482 g/mol. The highest BCUT2D eigenvalue weighted by Crippen LogP contribution is 2.59. The molecule has 2 heterocycles. The molecule has 0 aromatic heterocycles. The molecule has 2 aliphatic heterocycles. The highest BCUT2D eigenvalue weighted by molar-refractivity contribution is 5.95. The van der Waals surface area contributed by atoms with Crippen LogP contribution in [-0.4, -0.2) is 79.1 Å². The maximum Gasteiger partial charge on any atom is 0.254 e. The van der Waals surface area contributed by atoms with E-state index >= 15 is 0 Å². The number of nitrogens with zero attached hydrogens (tertiary/aromatic N) is 3. The molecule has 6 rings (SSSR count). The van der Waals surface area contributed by atoms with Crippen LogP contribution in [0.2, 0.25) is 0 Å². The van der Waals surface area contributed by atoms with Crippen LogP contribution in [0, 0.1) is 17.3 Å².